The third kappa shape index (κ3) is 0.998. The first-order chi connectivity index (χ1) is 4.66. The number of carboxylic acid groups (broad SMARTS) is 1. The van der Waals surface area contributed by atoms with Crippen molar-refractivity contribution >= 4 is 5.97 Å². The molecule has 4 nitrogen and oxygen atoms in total. The van der Waals surface area contributed by atoms with Crippen LogP contribution in [-0.4, -0.2) is 30.2 Å². The third-order valence-corrected chi connectivity index (χ3v) is 2.08. The summed E-state index contributed by atoms with van der Waals surface area (Å²) >= 11 is 0. The predicted molar refractivity (Wildman–Crippen MR) is 36.6 cm³/mol. The lowest BCUT2D eigenvalue weighted by Gasteiger charge is -2.39. The number of nitrogens with one attached hydrogen (secondary N) is 1. The fourth-order valence-corrected chi connectivity index (χ4v) is 1.34. The standard InChI is InChI=1S/C6H12N2O2/c1-8-4-2-3(7)5(4)6(9)10/h3-5,8H,2,7H2,1H3,(H,9,10). The van der Waals surface area contributed by atoms with Gasteiger partial charge in [0.05, 0.1) is 5.92 Å². The van der Waals surface area contributed by atoms with Gasteiger partial charge in [0.2, 0.25) is 0 Å². The molecule has 3 atom stereocenters. The van der Waals surface area contributed by atoms with Gasteiger partial charge in [-0.25, -0.2) is 0 Å². The summed E-state index contributed by atoms with van der Waals surface area (Å²) in [6.45, 7) is 0. The molecule has 0 amide bonds. The van der Waals surface area contributed by atoms with Crippen LogP contribution >= 0.6 is 0 Å². The van der Waals surface area contributed by atoms with Crippen molar-refractivity contribution < 1.29 is 9.90 Å². The van der Waals surface area contributed by atoms with Crippen LogP contribution < -0.4 is 11.1 Å². The van der Waals surface area contributed by atoms with Gasteiger partial charge in [-0.3, -0.25) is 4.79 Å². The summed E-state index contributed by atoms with van der Waals surface area (Å²) in [6, 6.07) is -0.0811. The van der Waals surface area contributed by atoms with Gasteiger partial charge >= 0.3 is 5.97 Å². The van der Waals surface area contributed by atoms with E-state index in [1.165, 1.54) is 0 Å². The van der Waals surface area contributed by atoms with Crippen LogP contribution in [0.25, 0.3) is 0 Å². The SMILES string of the molecule is CNC1CC(N)C1C(=O)O. The predicted octanol–water partition coefficient (Wildman–Crippen LogP) is -0.994. The van der Waals surface area contributed by atoms with Crippen molar-refractivity contribution in [2.45, 2.75) is 18.5 Å². The summed E-state index contributed by atoms with van der Waals surface area (Å²) in [6.07, 6.45) is 0.771. The molecule has 0 radical (unpaired) electrons. The van der Waals surface area contributed by atoms with Gasteiger partial charge in [0.15, 0.2) is 0 Å². The minimum absolute atomic E-state index is 0.0764. The van der Waals surface area contributed by atoms with Crippen molar-refractivity contribution in [1.29, 1.82) is 0 Å². The molecule has 0 spiro atoms. The van der Waals surface area contributed by atoms with Crippen molar-refractivity contribution in [3.8, 4) is 0 Å². The first-order valence-corrected chi connectivity index (χ1v) is 3.32. The molecule has 4 heteroatoms. The second kappa shape index (κ2) is 2.56. The zero-order valence-electron chi connectivity index (χ0n) is 5.87. The summed E-state index contributed by atoms with van der Waals surface area (Å²) in [5.74, 6) is -1.18. The van der Waals surface area contributed by atoms with Crippen molar-refractivity contribution in [3.05, 3.63) is 0 Å². The van der Waals surface area contributed by atoms with Gasteiger partial charge in [-0.1, -0.05) is 0 Å². The largest absolute Gasteiger partial charge is 0.481 e. The summed E-state index contributed by atoms with van der Waals surface area (Å²) in [7, 11) is 1.76. The molecule has 1 saturated carbocycles. The van der Waals surface area contributed by atoms with Crippen molar-refractivity contribution in [3.63, 3.8) is 0 Å². The third-order valence-electron chi connectivity index (χ3n) is 2.08. The fourth-order valence-electron chi connectivity index (χ4n) is 1.34. The first kappa shape index (κ1) is 7.50. The summed E-state index contributed by atoms with van der Waals surface area (Å²) in [5, 5.41) is 11.5. The van der Waals surface area contributed by atoms with E-state index in [9.17, 15) is 4.79 Å². The van der Waals surface area contributed by atoms with E-state index in [1.807, 2.05) is 0 Å². The van der Waals surface area contributed by atoms with Crippen LogP contribution in [0.5, 0.6) is 0 Å². The molecule has 1 aliphatic rings. The van der Waals surface area contributed by atoms with E-state index in [1.54, 1.807) is 7.05 Å². The van der Waals surface area contributed by atoms with Crippen molar-refractivity contribution in [2.24, 2.45) is 11.7 Å². The van der Waals surface area contributed by atoms with Gasteiger partial charge < -0.3 is 16.2 Å². The summed E-state index contributed by atoms with van der Waals surface area (Å²) < 4.78 is 0. The average Bonchev–Trinajstić information content (AvgIpc) is 1.80. The topological polar surface area (TPSA) is 75.3 Å². The van der Waals surface area contributed by atoms with Crippen molar-refractivity contribution in [1.82, 2.24) is 5.32 Å². The number of hydrogen-bond acceptors (Lipinski definition) is 3. The van der Waals surface area contributed by atoms with Crippen molar-refractivity contribution in [2.75, 3.05) is 7.05 Å². The van der Waals surface area contributed by atoms with Gasteiger partial charge in [-0.05, 0) is 13.5 Å². The smallest absolute Gasteiger partial charge is 0.309 e. The lowest BCUT2D eigenvalue weighted by Crippen LogP contribution is -2.59. The van der Waals surface area contributed by atoms with Gasteiger partial charge in [0, 0.05) is 12.1 Å². The van der Waals surface area contributed by atoms with E-state index < -0.39 is 5.97 Å². The van der Waals surface area contributed by atoms with Gasteiger partial charge in [-0.15, -0.1) is 0 Å². The van der Waals surface area contributed by atoms with Crippen LogP contribution in [0.1, 0.15) is 6.42 Å². The summed E-state index contributed by atoms with van der Waals surface area (Å²) in [5.41, 5.74) is 5.47. The lowest BCUT2D eigenvalue weighted by molar-refractivity contribution is -0.146. The van der Waals surface area contributed by atoms with Crippen LogP contribution in [0.15, 0.2) is 0 Å². The Balaban J connectivity index is 2.48. The zero-order valence-corrected chi connectivity index (χ0v) is 5.87. The van der Waals surface area contributed by atoms with E-state index in [4.69, 9.17) is 10.8 Å². The van der Waals surface area contributed by atoms with Crippen LogP contribution in [0.2, 0.25) is 0 Å². The van der Waals surface area contributed by atoms with Gasteiger partial charge in [-0.2, -0.15) is 0 Å². The number of aliphatic carboxylic acids is 1. The number of rotatable bonds is 2. The molecule has 0 saturated heterocycles. The Bertz CT molecular complexity index is 149. The van der Waals surface area contributed by atoms with E-state index in [2.05, 4.69) is 5.32 Å². The molecule has 4 N–H and O–H groups in total. The maximum atomic E-state index is 10.4. The molecule has 3 unspecified atom stereocenters. The number of nitrogens with two attached hydrogens (primary N) is 1. The Morgan fingerprint density at radius 1 is 1.80 bits per heavy atom. The highest BCUT2D eigenvalue weighted by Crippen LogP contribution is 2.25. The molecule has 0 aromatic heterocycles. The quantitative estimate of drug-likeness (QED) is 0.465. The van der Waals surface area contributed by atoms with Crippen LogP contribution in [-0.2, 0) is 4.79 Å². The Labute approximate surface area is 59.4 Å². The summed E-state index contributed by atoms with van der Waals surface area (Å²) in [4.78, 5) is 10.4. The highest BCUT2D eigenvalue weighted by molar-refractivity contribution is 5.73. The number of carboxylic acids is 1. The molecule has 0 heterocycles. The Morgan fingerprint density at radius 3 is 2.60 bits per heavy atom. The second-order valence-electron chi connectivity index (χ2n) is 2.66. The Morgan fingerprint density at radius 2 is 2.40 bits per heavy atom. The molecular weight excluding hydrogens is 132 g/mol. The zero-order chi connectivity index (χ0) is 7.72. The normalized spacial score (nSPS) is 38.8. The monoisotopic (exact) mass is 144 g/mol. The van der Waals surface area contributed by atoms with Crippen LogP contribution in [0.3, 0.4) is 0 Å². The fraction of sp³-hybridized carbons (Fsp3) is 0.833. The molecule has 0 bridgehead atoms. The molecule has 0 aromatic carbocycles. The van der Waals surface area contributed by atoms with E-state index in [0.717, 1.165) is 6.42 Å². The lowest BCUT2D eigenvalue weighted by atomic mass is 9.75. The molecule has 1 rings (SSSR count). The Kier molecular flexibility index (Phi) is 1.92. The maximum Gasteiger partial charge on any atom is 0.309 e. The molecule has 1 aliphatic carbocycles. The van der Waals surface area contributed by atoms with Gasteiger partial charge in [0.25, 0.3) is 0 Å². The number of carbonyl (C=O) groups is 1. The molecular formula is C6H12N2O2. The number of hydrogen-bond donors (Lipinski definition) is 3. The minimum Gasteiger partial charge on any atom is -0.481 e. The highest BCUT2D eigenvalue weighted by atomic mass is 16.4. The average molecular weight is 144 g/mol. The molecule has 0 aliphatic heterocycles. The van der Waals surface area contributed by atoms with Crippen LogP contribution in [0.4, 0.5) is 0 Å². The van der Waals surface area contributed by atoms with Crippen LogP contribution in [0, 0.1) is 5.92 Å². The second-order valence-corrected chi connectivity index (χ2v) is 2.66. The Hall–Kier alpha value is -0.610. The maximum absolute atomic E-state index is 10.4. The van der Waals surface area contributed by atoms with E-state index in [0.29, 0.717) is 0 Å². The van der Waals surface area contributed by atoms with Gasteiger partial charge in [0.1, 0.15) is 0 Å². The highest BCUT2D eigenvalue weighted by Gasteiger charge is 2.42. The van der Waals surface area contributed by atoms with E-state index >= 15 is 0 Å². The molecule has 0 aromatic rings. The first-order valence-electron chi connectivity index (χ1n) is 3.32. The minimum atomic E-state index is -0.793. The molecule has 1 fully saturated rings. The van der Waals surface area contributed by atoms with E-state index in [-0.39, 0.29) is 18.0 Å². The molecule has 58 valence electrons. The molecule has 10 heavy (non-hydrogen) atoms.